The molecule has 0 saturated carbocycles. The maximum absolute atomic E-state index is 13.2. The van der Waals surface area contributed by atoms with Gasteiger partial charge in [0, 0.05) is 13.3 Å². The van der Waals surface area contributed by atoms with Gasteiger partial charge in [-0.1, -0.05) is 19.1 Å². The van der Waals surface area contributed by atoms with Crippen molar-refractivity contribution in [3.63, 3.8) is 0 Å². The van der Waals surface area contributed by atoms with Crippen molar-refractivity contribution in [2.45, 2.75) is 38.6 Å². The Labute approximate surface area is 150 Å². The Hall–Kier alpha value is -3.03. The van der Waals surface area contributed by atoms with Crippen LogP contribution in [-0.4, -0.2) is 47.1 Å². The molecule has 3 amide bonds. The van der Waals surface area contributed by atoms with Gasteiger partial charge in [0.05, 0.1) is 19.2 Å². The van der Waals surface area contributed by atoms with Gasteiger partial charge in [-0.25, -0.2) is 14.7 Å². The average Bonchev–Trinajstić information content (AvgIpc) is 3.13. The molecule has 0 aromatic heterocycles. The summed E-state index contributed by atoms with van der Waals surface area (Å²) in [5.41, 5.74) is -0.0446. The second-order valence-electron chi connectivity index (χ2n) is 6.31. The number of hydrazone groups is 1. The van der Waals surface area contributed by atoms with Crippen LogP contribution < -0.4 is 4.90 Å². The van der Waals surface area contributed by atoms with E-state index in [9.17, 15) is 19.2 Å². The van der Waals surface area contributed by atoms with E-state index in [4.69, 9.17) is 0 Å². The van der Waals surface area contributed by atoms with E-state index in [-0.39, 0.29) is 18.6 Å². The molecule has 0 bridgehead atoms. The number of benzene rings is 1. The first kappa shape index (κ1) is 17.8. The second-order valence-corrected chi connectivity index (χ2v) is 6.31. The minimum atomic E-state index is -1.50. The Balaban J connectivity index is 1.98. The van der Waals surface area contributed by atoms with E-state index in [0.29, 0.717) is 5.69 Å². The lowest BCUT2D eigenvalue weighted by atomic mass is 9.91. The van der Waals surface area contributed by atoms with Gasteiger partial charge < -0.3 is 4.74 Å². The van der Waals surface area contributed by atoms with E-state index in [1.807, 2.05) is 19.1 Å². The van der Waals surface area contributed by atoms with Crippen LogP contribution in [0.1, 0.15) is 32.3 Å². The van der Waals surface area contributed by atoms with Gasteiger partial charge in [-0.2, -0.15) is 5.10 Å². The number of amides is 3. The van der Waals surface area contributed by atoms with Crippen molar-refractivity contribution < 1.29 is 23.9 Å². The van der Waals surface area contributed by atoms with Gasteiger partial charge in [-0.05, 0) is 24.1 Å². The van der Waals surface area contributed by atoms with Crippen molar-refractivity contribution in [1.29, 1.82) is 0 Å². The molecule has 26 heavy (non-hydrogen) atoms. The molecule has 8 nitrogen and oxygen atoms in total. The second kappa shape index (κ2) is 6.36. The quantitative estimate of drug-likeness (QED) is 0.595. The topological polar surface area (TPSA) is 96.3 Å². The van der Waals surface area contributed by atoms with Crippen molar-refractivity contribution in [3.05, 3.63) is 29.8 Å². The van der Waals surface area contributed by atoms with Crippen LogP contribution in [0.5, 0.6) is 0 Å². The van der Waals surface area contributed by atoms with E-state index < -0.39 is 29.2 Å². The lowest BCUT2D eigenvalue weighted by Crippen LogP contribution is -2.51. The standard InChI is InChI=1S/C18H19N3O5/c1-4-12-5-7-13(8-6-12)20-15(23)10-18(17(20)25)9-14(16(24)26-3)19-21(18)11(2)22/h5-8H,4,9-10H2,1-3H3/t18-/m0/s1. The molecule has 1 atom stereocenters. The molecule has 1 saturated heterocycles. The third kappa shape index (κ3) is 2.58. The lowest BCUT2D eigenvalue weighted by molar-refractivity contribution is -0.141. The summed E-state index contributed by atoms with van der Waals surface area (Å²) in [6.45, 7) is 3.24. The zero-order chi connectivity index (χ0) is 19.1. The van der Waals surface area contributed by atoms with Crippen LogP contribution in [0.25, 0.3) is 0 Å². The highest BCUT2D eigenvalue weighted by Gasteiger charge is 2.61. The van der Waals surface area contributed by atoms with Gasteiger partial charge in [0.2, 0.25) is 11.8 Å². The highest BCUT2D eigenvalue weighted by atomic mass is 16.5. The number of carbonyl (C=O) groups excluding carboxylic acids is 4. The molecule has 1 fully saturated rings. The highest BCUT2D eigenvalue weighted by molar-refractivity contribution is 6.39. The maximum atomic E-state index is 13.2. The molecule has 0 aliphatic carbocycles. The van der Waals surface area contributed by atoms with Crippen molar-refractivity contribution >= 4 is 35.1 Å². The molecule has 2 aliphatic rings. The van der Waals surface area contributed by atoms with Gasteiger partial charge in [-0.15, -0.1) is 0 Å². The van der Waals surface area contributed by atoms with Crippen LogP contribution in [0, 0.1) is 0 Å². The molecule has 8 heteroatoms. The SMILES string of the molecule is CCc1ccc(N2C(=O)C[C@@]3(CC(C(=O)OC)=NN3C(C)=O)C2=O)cc1. The molecule has 1 aromatic carbocycles. The molecule has 0 unspecified atom stereocenters. The molecule has 2 heterocycles. The number of anilines is 1. The first-order chi connectivity index (χ1) is 12.3. The van der Waals surface area contributed by atoms with Gasteiger partial charge in [0.15, 0.2) is 5.54 Å². The predicted molar refractivity (Wildman–Crippen MR) is 92.2 cm³/mol. The number of hydrogen-bond acceptors (Lipinski definition) is 6. The summed E-state index contributed by atoms with van der Waals surface area (Å²) < 4.78 is 4.65. The fraction of sp³-hybridized carbons (Fsp3) is 0.389. The molecule has 136 valence electrons. The van der Waals surface area contributed by atoms with Crippen molar-refractivity contribution in [1.82, 2.24) is 5.01 Å². The van der Waals surface area contributed by atoms with Crippen molar-refractivity contribution in [2.24, 2.45) is 5.10 Å². The lowest BCUT2D eigenvalue weighted by Gasteiger charge is -2.28. The maximum Gasteiger partial charge on any atom is 0.354 e. The van der Waals surface area contributed by atoms with Crippen LogP contribution in [0.3, 0.4) is 0 Å². The molecule has 0 N–H and O–H groups in total. The third-order valence-electron chi connectivity index (χ3n) is 4.70. The third-order valence-corrected chi connectivity index (χ3v) is 4.70. The van der Waals surface area contributed by atoms with E-state index in [1.165, 1.54) is 14.0 Å². The molecule has 2 aliphatic heterocycles. The molecule has 0 radical (unpaired) electrons. The van der Waals surface area contributed by atoms with E-state index in [1.54, 1.807) is 12.1 Å². The smallest absolute Gasteiger partial charge is 0.354 e. The monoisotopic (exact) mass is 357 g/mol. The molecule has 3 rings (SSSR count). The number of esters is 1. The predicted octanol–water partition coefficient (Wildman–Crippen LogP) is 1.03. The Morgan fingerprint density at radius 1 is 1.19 bits per heavy atom. The largest absolute Gasteiger partial charge is 0.464 e. The number of nitrogens with zero attached hydrogens (tertiary/aromatic N) is 3. The van der Waals surface area contributed by atoms with Crippen molar-refractivity contribution in [3.8, 4) is 0 Å². The molecular formula is C18H19N3O5. The summed E-state index contributed by atoms with van der Waals surface area (Å²) in [5, 5.41) is 4.90. The van der Waals surface area contributed by atoms with Crippen LogP contribution in [0.15, 0.2) is 29.4 Å². The van der Waals surface area contributed by atoms with E-state index in [2.05, 4.69) is 9.84 Å². The summed E-state index contributed by atoms with van der Waals surface area (Å²) in [7, 11) is 1.19. The number of ether oxygens (including phenoxy) is 1. The summed E-state index contributed by atoms with van der Waals surface area (Å²) in [6.07, 6.45) is 0.457. The zero-order valence-corrected chi connectivity index (χ0v) is 14.8. The van der Waals surface area contributed by atoms with E-state index in [0.717, 1.165) is 21.9 Å². The van der Waals surface area contributed by atoms with Crippen LogP contribution >= 0.6 is 0 Å². The summed E-state index contributed by atoms with van der Waals surface area (Å²) in [4.78, 5) is 50.7. The summed E-state index contributed by atoms with van der Waals surface area (Å²) in [6, 6.07) is 7.08. The number of carbonyl (C=O) groups is 4. The number of hydrogen-bond donors (Lipinski definition) is 0. The van der Waals surface area contributed by atoms with Gasteiger partial charge >= 0.3 is 5.97 Å². The fourth-order valence-corrected chi connectivity index (χ4v) is 3.38. The van der Waals surface area contributed by atoms with Crippen LogP contribution in [0.4, 0.5) is 5.69 Å². The molecule has 1 aromatic rings. The fourth-order valence-electron chi connectivity index (χ4n) is 3.38. The Morgan fingerprint density at radius 3 is 2.38 bits per heavy atom. The van der Waals surface area contributed by atoms with Crippen LogP contribution in [0.2, 0.25) is 0 Å². The zero-order valence-electron chi connectivity index (χ0n) is 14.8. The highest BCUT2D eigenvalue weighted by Crippen LogP contribution is 2.40. The Kier molecular flexibility index (Phi) is 4.35. The first-order valence-electron chi connectivity index (χ1n) is 8.27. The van der Waals surface area contributed by atoms with Crippen molar-refractivity contribution in [2.75, 3.05) is 12.0 Å². The summed E-state index contributed by atoms with van der Waals surface area (Å²) >= 11 is 0. The van der Waals surface area contributed by atoms with Gasteiger partial charge in [0.25, 0.3) is 5.91 Å². The molecule has 1 spiro atoms. The normalized spacial score (nSPS) is 22.2. The summed E-state index contributed by atoms with van der Waals surface area (Å²) in [5.74, 6) is -2.25. The van der Waals surface area contributed by atoms with E-state index >= 15 is 0 Å². The van der Waals surface area contributed by atoms with Crippen LogP contribution in [-0.2, 0) is 30.3 Å². The number of rotatable bonds is 3. The average molecular weight is 357 g/mol. The Morgan fingerprint density at radius 2 is 1.85 bits per heavy atom. The van der Waals surface area contributed by atoms with Gasteiger partial charge in [0.1, 0.15) is 5.71 Å². The minimum absolute atomic E-state index is 0.0490. The van der Waals surface area contributed by atoms with Gasteiger partial charge in [-0.3, -0.25) is 14.4 Å². The minimum Gasteiger partial charge on any atom is -0.464 e. The molecular weight excluding hydrogens is 338 g/mol. The first-order valence-corrected chi connectivity index (χ1v) is 8.27. The number of aryl methyl sites for hydroxylation is 1. The number of imide groups is 1. The Bertz CT molecular complexity index is 830. The number of methoxy groups -OCH3 is 1.